The average molecular weight is 662 g/mol. The van der Waals surface area contributed by atoms with Crippen LogP contribution in [0.25, 0.3) is 22.2 Å². The van der Waals surface area contributed by atoms with Gasteiger partial charge in [-0.05, 0) is 100.0 Å². The van der Waals surface area contributed by atoms with Crippen LogP contribution in [0.2, 0.25) is 0 Å². The van der Waals surface area contributed by atoms with Gasteiger partial charge in [0.05, 0.1) is 23.5 Å². The first-order valence-corrected chi connectivity index (χ1v) is 17.1. The maximum atomic E-state index is 12.4. The van der Waals surface area contributed by atoms with Crippen molar-refractivity contribution in [1.82, 2.24) is 29.0 Å². The Labute approximate surface area is 288 Å². The molecule has 5 aromatic rings. The highest BCUT2D eigenvalue weighted by atomic mass is 16.5. The van der Waals surface area contributed by atoms with E-state index >= 15 is 0 Å². The van der Waals surface area contributed by atoms with Gasteiger partial charge in [-0.15, -0.1) is 0 Å². The van der Waals surface area contributed by atoms with Gasteiger partial charge in [-0.25, -0.2) is 4.99 Å². The number of benzene rings is 2. The van der Waals surface area contributed by atoms with Crippen LogP contribution in [0, 0.1) is 12.8 Å². The van der Waals surface area contributed by atoms with Crippen LogP contribution in [-0.2, 0) is 16.1 Å². The Bertz CT molecular complexity index is 1980. The fourth-order valence-corrected chi connectivity index (χ4v) is 6.40. The molecule has 2 N–H and O–H groups in total. The summed E-state index contributed by atoms with van der Waals surface area (Å²) in [6, 6.07) is 14.4. The number of anilines is 2. The van der Waals surface area contributed by atoms with Crippen LogP contribution in [-0.4, -0.2) is 75.0 Å². The van der Waals surface area contributed by atoms with E-state index in [1.165, 1.54) is 0 Å². The predicted octanol–water partition coefficient (Wildman–Crippen LogP) is 7.08. The molecule has 256 valence electrons. The number of nitrogens with one attached hydrogen (secondary N) is 2. The van der Waals surface area contributed by atoms with Gasteiger partial charge in [0.15, 0.2) is 5.65 Å². The molecule has 3 heterocycles. The van der Waals surface area contributed by atoms with E-state index in [1.54, 1.807) is 17.7 Å². The maximum Gasteiger partial charge on any atom is 0.254 e. The summed E-state index contributed by atoms with van der Waals surface area (Å²) in [5, 5.41) is 12.3. The molecule has 0 bridgehead atoms. The third-order valence-corrected chi connectivity index (χ3v) is 9.22. The predicted molar refractivity (Wildman–Crippen MR) is 197 cm³/mol. The topological polar surface area (TPSA) is 114 Å². The highest BCUT2D eigenvalue weighted by Gasteiger charge is 2.20. The lowest BCUT2D eigenvalue weighted by Crippen LogP contribution is -2.20. The van der Waals surface area contributed by atoms with Crippen LogP contribution in [0.5, 0.6) is 0 Å². The van der Waals surface area contributed by atoms with Gasteiger partial charge < -0.3 is 24.8 Å². The molecule has 0 atom stereocenters. The molecule has 1 fully saturated rings. The number of fused-ring (bicyclic) bond motifs is 2. The van der Waals surface area contributed by atoms with E-state index in [-0.39, 0.29) is 11.8 Å². The SMILES string of the molecule is COC1CCC(/C=N\c2nc(NCc3c(C)cccc3-n3ccc4cc(NC(=O)/C=C/CN(C)C)ccc43)n3ncc(C(C)C)c3n2)CC1. The van der Waals surface area contributed by atoms with E-state index in [0.717, 1.165) is 70.3 Å². The lowest BCUT2D eigenvalue weighted by molar-refractivity contribution is -0.111. The molecule has 0 unspecified atom stereocenters. The molecular formula is C38H47N9O2. The van der Waals surface area contributed by atoms with E-state index in [9.17, 15) is 4.79 Å². The zero-order valence-corrected chi connectivity index (χ0v) is 29.3. The van der Waals surface area contributed by atoms with Gasteiger partial charge in [0.1, 0.15) is 0 Å². The van der Waals surface area contributed by atoms with Gasteiger partial charge in [0.2, 0.25) is 11.9 Å². The van der Waals surface area contributed by atoms with E-state index in [1.807, 2.05) is 55.7 Å². The lowest BCUT2D eigenvalue weighted by Gasteiger charge is -2.24. The molecular weight excluding hydrogens is 614 g/mol. The third-order valence-electron chi connectivity index (χ3n) is 9.22. The molecule has 1 saturated carbocycles. The molecule has 1 aliphatic rings. The van der Waals surface area contributed by atoms with Gasteiger partial charge in [0.25, 0.3) is 5.95 Å². The van der Waals surface area contributed by atoms with Crippen LogP contribution in [0.15, 0.2) is 72.0 Å². The van der Waals surface area contributed by atoms with Gasteiger partial charge >= 0.3 is 0 Å². The van der Waals surface area contributed by atoms with Crippen molar-refractivity contribution >= 4 is 46.3 Å². The molecule has 11 heteroatoms. The number of ether oxygens (including phenoxy) is 1. The standard InChI is InChI=1S/C38H47N9O2/c1-25(2)31-24-41-47-36(31)43-37(39-22-27-12-15-30(49-6)16-13-27)44-38(47)40-23-32-26(3)9-7-10-34(32)46-20-18-28-21-29(14-17-33(28)46)42-35(48)11-8-19-45(4)5/h7-11,14,17-18,20-22,24-25,27,30H,12-13,15-16,19,23H2,1-6H3,(H,42,48)(H,40,43,44)/b11-8+,39-22-. The number of aromatic nitrogens is 5. The van der Waals surface area contributed by atoms with Crippen molar-refractivity contribution < 1.29 is 9.53 Å². The lowest BCUT2D eigenvalue weighted by atomic mass is 9.88. The number of methoxy groups -OCH3 is 1. The summed E-state index contributed by atoms with van der Waals surface area (Å²) in [4.78, 5) is 28.9. The van der Waals surface area contributed by atoms with Crippen molar-refractivity contribution in [3.8, 4) is 5.69 Å². The molecule has 0 spiro atoms. The first-order chi connectivity index (χ1) is 23.7. The monoisotopic (exact) mass is 661 g/mol. The Kier molecular flexibility index (Phi) is 10.5. The first-order valence-electron chi connectivity index (χ1n) is 17.1. The molecule has 0 saturated heterocycles. The number of nitrogens with zero attached hydrogens (tertiary/aromatic N) is 7. The van der Waals surface area contributed by atoms with E-state index in [2.05, 4.69) is 71.5 Å². The number of carbonyl (C=O) groups excluding carboxylic acids is 1. The summed E-state index contributed by atoms with van der Waals surface area (Å²) in [5.41, 5.74) is 6.96. The van der Waals surface area contributed by atoms with Gasteiger partial charge in [0, 0.05) is 55.3 Å². The van der Waals surface area contributed by atoms with Crippen molar-refractivity contribution in [2.45, 2.75) is 65.0 Å². The number of aliphatic imine (C=N–C) groups is 1. The largest absolute Gasteiger partial charge is 0.381 e. The molecule has 2 aromatic carbocycles. The molecule has 0 aliphatic heterocycles. The minimum atomic E-state index is -0.146. The summed E-state index contributed by atoms with van der Waals surface area (Å²) in [6.45, 7) is 7.63. The number of amides is 1. The first kappa shape index (κ1) is 34.0. The number of hydrogen-bond acceptors (Lipinski definition) is 8. The van der Waals surface area contributed by atoms with Crippen molar-refractivity contribution in [1.29, 1.82) is 0 Å². The highest BCUT2D eigenvalue weighted by Crippen LogP contribution is 2.29. The van der Waals surface area contributed by atoms with E-state index in [0.29, 0.717) is 37.0 Å². The number of hydrogen-bond donors (Lipinski definition) is 2. The van der Waals surface area contributed by atoms with E-state index < -0.39 is 0 Å². The van der Waals surface area contributed by atoms with Crippen molar-refractivity contribution in [2.24, 2.45) is 10.9 Å². The van der Waals surface area contributed by atoms with Crippen LogP contribution in [0.1, 0.15) is 62.1 Å². The van der Waals surface area contributed by atoms with Crippen LogP contribution >= 0.6 is 0 Å². The molecule has 49 heavy (non-hydrogen) atoms. The number of likely N-dealkylation sites (N-methyl/N-ethyl adjacent to an activating group) is 1. The fourth-order valence-electron chi connectivity index (χ4n) is 6.40. The quantitative estimate of drug-likeness (QED) is 0.109. The molecule has 0 radical (unpaired) electrons. The Morgan fingerprint density at radius 1 is 1.12 bits per heavy atom. The van der Waals surface area contributed by atoms with Gasteiger partial charge in [-0.3, -0.25) is 4.79 Å². The summed E-state index contributed by atoms with van der Waals surface area (Å²) in [5.74, 6) is 1.52. The van der Waals surface area contributed by atoms with Crippen molar-refractivity contribution in [3.63, 3.8) is 0 Å². The Balaban J connectivity index is 1.26. The van der Waals surface area contributed by atoms with Crippen molar-refractivity contribution in [2.75, 3.05) is 38.4 Å². The molecule has 1 aliphatic carbocycles. The minimum absolute atomic E-state index is 0.146. The number of carbonyl (C=O) groups is 1. The van der Waals surface area contributed by atoms with Crippen LogP contribution in [0.3, 0.4) is 0 Å². The second-order valence-corrected chi connectivity index (χ2v) is 13.4. The van der Waals surface area contributed by atoms with Gasteiger partial charge in [-0.2, -0.15) is 19.6 Å². The normalized spacial score (nSPS) is 17.0. The minimum Gasteiger partial charge on any atom is -0.381 e. The Morgan fingerprint density at radius 2 is 1.94 bits per heavy atom. The molecule has 11 nitrogen and oxygen atoms in total. The fraction of sp³-hybridized carbons (Fsp3) is 0.395. The third kappa shape index (κ3) is 7.90. The maximum absolute atomic E-state index is 12.4. The van der Waals surface area contributed by atoms with E-state index in [4.69, 9.17) is 19.7 Å². The second-order valence-electron chi connectivity index (χ2n) is 13.4. The summed E-state index contributed by atoms with van der Waals surface area (Å²) < 4.78 is 9.52. The number of rotatable bonds is 12. The highest BCUT2D eigenvalue weighted by molar-refractivity contribution is 6.00. The Morgan fingerprint density at radius 3 is 2.69 bits per heavy atom. The second kappa shape index (κ2) is 15.1. The van der Waals surface area contributed by atoms with Crippen LogP contribution < -0.4 is 10.6 Å². The zero-order valence-electron chi connectivity index (χ0n) is 29.3. The molecule has 6 rings (SSSR count). The smallest absolute Gasteiger partial charge is 0.254 e. The van der Waals surface area contributed by atoms with Crippen molar-refractivity contribution in [3.05, 3.63) is 83.7 Å². The molecule has 1 amide bonds. The summed E-state index contributed by atoms with van der Waals surface area (Å²) in [6.07, 6.45) is 13.9. The summed E-state index contributed by atoms with van der Waals surface area (Å²) >= 11 is 0. The van der Waals surface area contributed by atoms with Crippen LogP contribution in [0.4, 0.5) is 17.6 Å². The average Bonchev–Trinajstić information content (AvgIpc) is 3.71. The zero-order chi connectivity index (χ0) is 34.5. The Hall–Kier alpha value is -4.87. The summed E-state index contributed by atoms with van der Waals surface area (Å²) in [7, 11) is 5.73. The molecule has 3 aromatic heterocycles. The van der Waals surface area contributed by atoms with Gasteiger partial charge in [-0.1, -0.05) is 32.1 Å². The number of aryl methyl sites for hydroxylation is 1.